The van der Waals surface area contributed by atoms with Crippen molar-refractivity contribution in [3.05, 3.63) is 0 Å². The Hall–Kier alpha value is -0.770. The average molecular weight is 173 g/mol. The number of hydrogen-bond donors (Lipinski definition) is 3. The number of urea groups is 1. The fourth-order valence-corrected chi connectivity index (χ4v) is 0.878. The molecule has 0 aromatic rings. The molecule has 0 saturated carbocycles. The first-order chi connectivity index (χ1) is 5.61. The Bertz CT molecular complexity index is 136. The molecule has 0 spiro atoms. The summed E-state index contributed by atoms with van der Waals surface area (Å²) in [5, 5.41) is 5.45. The molecule has 0 aromatic carbocycles. The van der Waals surface area contributed by atoms with E-state index in [0.29, 0.717) is 19.0 Å². The van der Waals surface area contributed by atoms with Gasteiger partial charge in [0.2, 0.25) is 0 Å². The highest BCUT2D eigenvalue weighted by Gasteiger charge is 2.12. The highest BCUT2D eigenvalue weighted by molar-refractivity contribution is 5.74. The second kappa shape index (κ2) is 5.83. The van der Waals surface area contributed by atoms with Crippen molar-refractivity contribution in [1.29, 1.82) is 0 Å². The zero-order valence-electron chi connectivity index (χ0n) is 8.05. The van der Waals surface area contributed by atoms with E-state index >= 15 is 0 Å². The number of hydrogen-bond acceptors (Lipinski definition) is 2. The molecule has 0 aromatic heterocycles. The highest BCUT2D eigenvalue weighted by atomic mass is 16.2. The minimum atomic E-state index is -0.137. The van der Waals surface area contributed by atoms with Crippen LogP contribution in [0.1, 0.15) is 20.8 Å². The summed E-state index contributed by atoms with van der Waals surface area (Å²) in [6, 6.07) is -0.0711. The molecule has 0 saturated heterocycles. The molecule has 1 unspecified atom stereocenters. The van der Waals surface area contributed by atoms with Crippen LogP contribution in [-0.2, 0) is 0 Å². The standard InChI is InChI=1S/C8H19N3O/c1-4-10-8(12)11-7(5-9)6(2)3/h6-7H,4-5,9H2,1-3H3,(H2,10,11,12). The van der Waals surface area contributed by atoms with E-state index in [4.69, 9.17) is 5.73 Å². The minimum Gasteiger partial charge on any atom is -0.338 e. The van der Waals surface area contributed by atoms with Crippen LogP contribution in [0.5, 0.6) is 0 Å². The van der Waals surface area contributed by atoms with Crippen molar-refractivity contribution in [2.24, 2.45) is 11.7 Å². The Morgan fingerprint density at radius 3 is 2.42 bits per heavy atom. The van der Waals surface area contributed by atoms with E-state index in [1.165, 1.54) is 0 Å². The van der Waals surface area contributed by atoms with Gasteiger partial charge in [-0.15, -0.1) is 0 Å². The Labute approximate surface area is 73.9 Å². The average Bonchev–Trinajstić information content (AvgIpc) is 2.00. The third kappa shape index (κ3) is 4.18. The van der Waals surface area contributed by atoms with Crippen LogP contribution in [0, 0.1) is 5.92 Å². The summed E-state index contributed by atoms with van der Waals surface area (Å²) in [5.41, 5.74) is 5.48. The van der Waals surface area contributed by atoms with Crippen molar-refractivity contribution in [1.82, 2.24) is 10.6 Å². The van der Waals surface area contributed by atoms with Gasteiger partial charge in [-0.25, -0.2) is 4.79 Å². The van der Waals surface area contributed by atoms with Crippen LogP contribution in [0.2, 0.25) is 0 Å². The monoisotopic (exact) mass is 173 g/mol. The van der Waals surface area contributed by atoms with Gasteiger partial charge in [0.1, 0.15) is 0 Å². The topological polar surface area (TPSA) is 67.2 Å². The van der Waals surface area contributed by atoms with Crippen LogP contribution in [0.15, 0.2) is 0 Å². The van der Waals surface area contributed by atoms with Crippen LogP contribution < -0.4 is 16.4 Å². The van der Waals surface area contributed by atoms with Crippen LogP contribution in [0.25, 0.3) is 0 Å². The molecule has 4 N–H and O–H groups in total. The molecule has 4 nitrogen and oxygen atoms in total. The molecule has 0 aliphatic carbocycles. The lowest BCUT2D eigenvalue weighted by atomic mass is 10.1. The fourth-order valence-electron chi connectivity index (χ4n) is 0.878. The van der Waals surface area contributed by atoms with Gasteiger partial charge in [0.05, 0.1) is 0 Å². The lowest BCUT2D eigenvalue weighted by molar-refractivity contribution is 0.234. The van der Waals surface area contributed by atoms with E-state index in [2.05, 4.69) is 10.6 Å². The number of carbonyl (C=O) groups is 1. The smallest absolute Gasteiger partial charge is 0.315 e. The molecular formula is C8H19N3O. The van der Waals surface area contributed by atoms with E-state index < -0.39 is 0 Å². The van der Waals surface area contributed by atoms with Crippen LogP contribution >= 0.6 is 0 Å². The van der Waals surface area contributed by atoms with Gasteiger partial charge in [-0.05, 0) is 12.8 Å². The molecule has 2 amide bonds. The maximum atomic E-state index is 11.0. The summed E-state index contributed by atoms with van der Waals surface area (Å²) in [6.45, 7) is 7.07. The number of amides is 2. The summed E-state index contributed by atoms with van der Waals surface area (Å²) >= 11 is 0. The summed E-state index contributed by atoms with van der Waals surface area (Å²) in [5.74, 6) is 0.373. The van der Waals surface area contributed by atoms with E-state index in [1.807, 2.05) is 20.8 Å². The first kappa shape index (κ1) is 11.2. The molecule has 1 atom stereocenters. The van der Waals surface area contributed by atoms with E-state index in [-0.39, 0.29) is 12.1 Å². The predicted molar refractivity (Wildman–Crippen MR) is 49.9 cm³/mol. The van der Waals surface area contributed by atoms with Gasteiger partial charge in [-0.1, -0.05) is 13.8 Å². The number of carbonyl (C=O) groups excluding carboxylic acids is 1. The van der Waals surface area contributed by atoms with Gasteiger partial charge in [0.15, 0.2) is 0 Å². The van der Waals surface area contributed by atoms with Crippen molar-refractivity contribution in [2.45, 2.75) is 26.8 Å². The fraction of sp³-hybridized carbons (Fsp3) is 0.875. The first-order valence-electron chi connectivity index (χ1n) is 4.36. The van der Waals surface area contributed by atoms with Crippen LogP contribution in [-0.4, -0.2) is 25.2 Å². The maximum absolute atomic E-state index is 11.0. The molecule has 0 rings (SSSR count). The van der Waals surface area contributed by atoms with E-state index in [1.54, 1.807) is 0 Å². The SMILES string of the molecule is CCNC(=O)NC(CN)C(C)C. The maximum Gasteiger partial charge on any atom is 0.315 e. The second-order valence-electron chi connectivity index (χ2n) is 3.09. The Morgan fingerprint density at radius 2 is 2.08 bits per heavy atom. The van der Waals surface area contributed by atoms with Crippen molar-refractivity contribution in [3.63, 3.8) is 0 Å². The van der Waals surface area contributed by atoms with Crippen molar-refractivity contribution >= 4 is 6.03 Å². The first-order valence-corrected chi connectivity index (χ1v) is 4.36. The van der Waals surface area contributed by atoms with Gasteiger partial charge < -0.3 is 16.4 Å². The Morgan fingerprint density at radius 1 is 1.50 bits per heavy atom. The zero-order chi connectivity index (χ0) is 9.56. The Balaban J connectivity index is 3.77. The Kier molecular flexibility index (Phi) is 5.45. The predicted octanol–water partition coefficient (Wildman–Crippen LogP) is 0.289. The third-order valence-electron chi connectivity index (χ3n) is 1.71. The van der Waals surface area contributed by atoms with Gasteiger partial charge in [-0.3, -0.25) is 0 Å². The van der Waals surface area contributed by atoms with Gasteiger partial charge in [0, 0.05) is 19.1 Å². The minimum absolute atomic E-state index is 0.0662. The number of nitrogens with one attached hydrogen (secondary N) is 2. The van der Waals surface area contributed by atoms with Gasteiger partial charge >= 0.3 is 6.03 Å². The lowest BCUT2D eigenvalue weighted by Crippen LogP contribution is -2.47. The normalized spacial score (nSPS) is 12.8. The molecular weight excluding hydrogens is 154 g/mol. The van der Waals surface area contributed by atoms with Crippen LogP contribution in [0.4, 0.5) is 4.79 Å². The number of nitrogens with two attached hydrogens (primary N) is 1. The zero-order valence-corrected chi connectivity index (χ0v) is 8.05. The quantitative estimate of drug-likeness (QED) is 0.572. The molecule has 12 heavy (non-hydrogen) atoms. The molecule has 0 radical (unpaired) electrons. The molecule has 72 valence electrons. The molecule has 0 fully saturated rings. The van der Waals surface area contributed by atoms with Crippen molar-refractivity contribution in [3.8, 4) is 0 Å². The molecule has 0 aliphatic rings. The summed E-state index contributed by atoms with van der Waals surface area (Å²) in [6.07, 6.45) is 0. The molecule has 0 heterocycles. The molecule has 4 heteroatoms. The largest absolute Gasteiger partial charge is 0.338 e. The summed E-state index contributed by atoms with van der Waals surface area (Å²) in [4.78, 5) is 11.0. The number of rotatable bonds is 4. The van der Waals surface area contributed by atoms with Crippen molar-refractivity contribution in [2.75, 3.05) is 13.1 Å². The van der Waals surface area contributed by atoms with Gasteiger partial charge in [0.25, 0.3) is 0 Å². The second-order valence-corrected chi connectivity index (χ2v) is 3.09. The lowest BCUT2D eigenvalue weighted by Gasteiger charge is -2.20. The van der Waals surface area contributed by atoms with Gasteiger partial charge in [-0.2, -0.15) is 0 Å². The summed E-state index contributed by atoms with van der Waals surface area (Å²) in [7, 11) is 0. The highest BCUT2D eigenvalue weighted by Crippen LogP contribution is 1.98. The molecule has 0 bridgehead atoms. The van der Waals surface area contributed by atoms with Crippen molar-refractivity contribution < 1.29 is 4.79 Å². The third-order valence-corrected chi connectivity index (χ3v) is 1.71. The van der Waals surface area contributed by atoms with E-state index in [0.717, 1.165) is 0 Å². The van der Waals surface area contributed by atoms with E-state index in [9.17, 15) is 4.79 Å². The molecule has 0 aliphatic heterocycles. The summed E-state index contributed by atoms with van der Waals surface area (Å²) < 4.78 is 0. The van der Waals surface area contributed by atoms with Crippen LogP contribution in [0.3, 0.4) is 0 Å².